The Labute approximate surface area is 109 Å². The smallest absolute Gasteiger partial charge is 0.119 e. The Morgan fingerprint density at radius 1 is 1.28 bits per heavy atom. The highest BCUT2D eigenvalue weighted by atomic mass is 16.5. The topological polar surface area (TPSA) is 30.5 Å². The summed E-state index contributed by atoms with van der Waals surface area (Å²) in [5.74, 6) is 1.62. The summed E-state index contributed by atoms with van der Waals surface area (Å²) in [4.78, 5) is 0. The van der Waals surface area contributed by atoms with E-state index in [4.69, 9.17) is 9.47 Å². The molecule has 0 radical (unpaired) electrons. The van der Waals surface area contributed by atoms with Gasteiger partial charge in [-0.3, -0.25) is 0 Å². The number of hydrogen-bond acceptors (Lipinski definition) is 3. The van der Waals surface area contributed by atoms with E-state index in [0.29, 0.717) is 12.0 Å². The van der Waals surface area contributed by atoms with Crippen molar-refractivity contribution in [1.29, 1.82) is 0 Å². The van der Waals surface area contributed by atoms with Gasteiger partial charge in [-0.15, -0.1) is 0 Å². The zero-order valence-electron chi connectivity index (χ0n) is 11.3. The molecule has 1 aromatic carbocycles. The average Bonchev–Trinajstić information content (AvgIpc) is 2.43. The fourth-order valence-electron chi connectivity index (χ4n) is 2.66. The first kappa shape index (κ1) is 13.4. The van der Waals surface area contributed by atoms with Crippen LogP contribution in [0.3, 0.4) is 0 Å². The lowest BCUT2D eigenvalue weighted by Crippen LogP contribution is -2.29. The summed E-state index contributed by atoms with van der Waals surface area (Å²) in [6.45, 7) is 4.50. The first-order valence-electron chi connectivity index (χ1n) is 6.83. The van der Waals surface area contributed by atoms with Crippen molar-refractivity contribution in [3.8, 4) is 5.75 Å². The van der Waals surface area contributed by atoms with E-state index >= 15 is 0 Å². The van der Waals surface area contributed by atoms with Crippen molar-refractivity contribution in [3.05, 3.63) is 29.8 Å². The van der Waals surface area contributed by atoms with Gasteiger partial charge in [0.05, 0.1) is 6.61 Å². The number of hydrogen-bond donors (Lipinski definition) is 1. The number of ether oxygens (including phenoxy) is 2. The van der Waals surface area contributed by atoms with E-state index in [-0.39, 0.29) is 0 Å². The Kier molecular flexibility index (Phi) is 5.02. The maximum Gasteiger partial charge on any atom is 0.119 e. The fourth-order valence-corrected chi connectivity index (χ4v) is 2.66. The molecule has 18 heavy (non-hydrogen) atoms. The minimum absolute atomic E-state index is 0.421. The first-order chi connectivity index (χ1) is 8.85. The summed E-state index contributed by atoms with van der Waals surface area (Å²) >= 11 is 0. The number of nitrogens with one attached hydrogen (secondary N) is 1. The largest absolute Gasteiger partial charge is 0.494 e. The van der Waals surface area contributed by atoms with Gasteiger partial charge in [0.15, 0.2) is 0 Å². The van der Waals surface area contributed by atoms with Gasteiger partial charge in [-0.2, -0.15) is 0 Å². The molecule has 1 N–H and O–H groups in total. The molecule has 1 aliphatic heterocycles. The highest BCUT2D eigenvalue weighted by molar-refractivity contribution is 5.29. The first-order valence-corrected chi connectivity index (χ1v) is 6.83. The van der Waals surface area contributed by atoms with Crippen LogP contribution in [0.1, 0.15) is 31.4 Å². The van der Waals surface area contributed by atoms with Crippen LogP contribution in [0.2, 0.25) is 0 Å². The van der Waals surface area contributed by atoms with Crippen LogP contribution in [0.15, 0.2) is 24.3 Å². The third-order valence-corrected chi connectivity index (χ3v) is 3.60. The highest BCUT2D eigenvalue weighted by Crippen LogP contribution is 2.30. The molecule has 3 heteroatoms. The van der Waals surface area contributed by atoms with Crippen LogP contribution >= 0.6 is 0 Å². The molecular formula is C15H23NO2. The van der Waals surface area contributed by atoms with Crippen LogP contribution < -0.4 is 10.1 Å². The second-order valence-electron chi connectivity index (χ2n) is 4.72. The summed E-state index contributed by atoms with van der Waals surface area (Å²) in [6.07, 6.45) is 2.28. The van der Waals surface area contributed by atoms with Gasteiger partial charge in [-0.25, -0.2) is 0 Å². The van der Waals surface area contributed by atoms with E-state index in [1.165, 1.54) is 5.56 Å². The van der Waals surface area contributed by atoms with E-state index in [9.17, 15) is 0 Å². The average molecular weight is 249 g/mol. The summed E-state index contributed by atoms with van der Waals surface area (Å²) < 4.78 is 10.9. The number of benzene rings is 1. The van der Waals surface area contributed by atoms with E-state index in [0.717, 1.165) is 38.4 Å². The summed E-state index contributed by atoms with van der Waals surface area (Å²) in [6, 6.07) is 8.87. The van der Waals surface area contributed by atoms with Crippen LogP contribution in [0, 0.1) is 5.92 Å². The molecule has 100 valence electrons. The molecule has 1 fully saturated rings. The quantitative estimate of drug-likeness (QED) is 0.870. The van der Waals surface area contributed by atoms with Gasteiger partial charge in [0.1, 0.15) is 5.75 Å². The van der Waals surface area contributed by atoms with Gasteiger partial charge in [-0.05, 0) is 50.4 Å². The molecule has 0 aromatic heterocycles. The molecule has 1 unspecified atom stereocenters. The van der Waals surface area contributed by atoms with Crippen LogP contribution in [-0.4, -0.2) is 26.9 Å². The van der Waals surface area contributed by atoms with Crippen molar-refractivity contribution in [3.63, 3.8) is 0 Å². The lowest BCUT2D eigenvalue weighted by atomic mass is 9.87. The van der Waals surface area contributed by atoms with E-state index in [2.05, 4.69) is 29.6 Å². The molecule has 1 saturated heterocycles. The summed E-state index contributed by atoms with van der Waals surface area (Å²) in [7, 11) is 2.04. The molecule has 2 rings (SSSR count). The molecule has 1 aromatic rings. The standard InChI is InChI=1S/C15H23NO2/c1-3-18-14-6-4-12(5-7-14)15(16-2)13-8-10-17-11-9-13/h4-7,13,15-16H,3,8-11H2,1-2H3. The van der Waals surface area contributed by atoms with Crippen molar-refractivity contribution in [2.75, 3.05) is 26.9 Å². The monoisotopic (exact) mass is 249 g/mol. The molecule has 0 spiro atoms. The van der Waals surface area contributed by atoms with E-state index in [1.54, 1.807) is 0 Å². The Morgan fingerprint density at radius 2 is 1.94 bits per heavy atom. The van der Waals surface area contributed by atoms with E-state index in [1.807, 2.05) is 14.0 Å². The van der Waals surface area contributed by atoms with E-state index < -0.39 is 0 Å². The van der Waals surface area contributed by atoms with Gasteiger partial charge in [-0.1, -0.05) is 12.1 Å². The Hall–Kier alpha value is -1.06. The van der Waals surface area contributed by atoms with Crippen LogP contribution in [0.4, 0.5) is 0 Å². The minimum Gasteiger partial charge on any atom is -0.494 e. The van der Waals surface area contributed by atoms with Crippen LogP contribution in [0.25, 0.3) is 0 Å². The molecule has 1 heterocycles. The lowest BCUT2D eigenvalue weighted by molar-refractivity contribution is 0.0546. The molecule has 0 amide bonds. The number of rotatable bonds is 5. The van der Waals surface area contributed by atoms with Crippen LogP contribution in [-0.2, 0) is 4.74 Å². The molecule has 0 aliphatic carbocycles. The molecular weight excluding hydrogens is 226 g/mol. The van der Waals surface area contributed by atoms with Gasteiger partial charge in [0, 0.05) is 19.3 Å². The fraction of sp³-hybridized carbons (Fsp3) is 0.600. The Bertz CT molecular complexity index is 344. The second kappa shape index (κ2) is 6.76. The lowest BCUT2D eigenvalue weighted by Gasteiger charge is -2.30. The molecule has 0 bridgehead atoms. The Morgan fingerprint density at radius 3 is 2.50 bits per heavy atom. The van der Waals surface area contributed by atoms with Gasteiger partial charge in [0.25, 0.3) is 0 Å². The molecule has 1 atom stereocenters. The Balaban J connectivity index is 2.06. The zero-order valence-corrected chi connectivity index (χ0v) is 11.3. The van der Waals surface area contributed by atoms with Crippen molar-refractivity contribution >= 4 is 0 Å². The maximum absolute atomic E-state index is 5.48. The normalized spacial score (nSPS) is 18.6. The SMILES string of the molecule is CCOc1ccc(C(NC)C2CCOCC2)cc1. The van der Waals surface area contributed by atoms with Gasteiger partial charge < -0.3 is 14.8 Å². The molecule has 3 nitrogen and oxygen atoms in total. The predicted octanol–water partition coefficient (Wildman–Crippen LogP) is 2.77. The van der Waals surface area contributed by atoms with Crippen molar-refractivity contribution in [2.24, 2.45) is 5.92 Å². The van der Waals surface area contributed by atoms with Crippen LogP contribution in [0.5, 0.6) is 5.75 Å². The highest BCUT2D eigenvalue weighted by Gasteiger charge is 2.23. The molecule has 0 saturated carbocycles. The van der Waals surface area contributed by atoms with Gasteiger partial charge >= 0.3 is 0 Å². The summed E-state index contributed by atoms with van der Waals surface area (Å²) in [5, 5.41) is 3.44. The molecule has 1 aliphatic rings. The third-order valence-electron chi connectivity index (χ3n) is 3.60. The zero-order chi connectivity index (χ0) is 12.8. The maximum atomic E-state index is 5.48. The summed E-state index contributed by atoms with van der Waals surface area (Å²) in [5.41, 5.74) is 1.34. The van der Waals surface area contributed by atoms with Crippen molar-refractivity contribution < 1.29 is 9.47 Å². The van der Waals surface area contributed by atoms with Crippen molar-refractivity contribution in [1.82, 2.24) is 5.32 Å². The third kappa shape index (κ3) is 3.24. The predicted molar refractivity (Wildman–Crippen MR) is 73.0 cm³/mol. The minimum atomic E-state index is 0.421. The van der Waals surface area contributed by atoms with Gasteiger partial charge in [0.2, 0.25) is 0 Å². The second-order valence-corrected chi connectivity index (χ2v) is 4.72. The van der Waals surface area contributed by atoms with Crippen molar-refractivity contribution in [2.45, 2.75) is 25.8 Å².